The van der Waals surface area contributed by atoms with Crippen LogP contribution >= 0.6 is 11.8 Å². The molecule has 0 saturated heterocycles. The number of nitrogens with one attached hydrogen (secondary N) is 1. The first kappa shape index (κ1) is 15.7. The van der Waals surface area contributed by atoms with Gasteiger partial charge in [0, 0.05) is 17.0 Å². The molecule has 2 atom stereocenters. The molecule has 1 saturated carbocycles. The number of nitrogens with two attached hydrogens (primary N) is 1. The Morgan fingerprint density at radius 1 is 1.30 bits per heavy atom. The van der Waals surface area contributed by atoms with Gasteiger partial charge in [-0.25, -0.2) is 13.1 Å². The summed E-state index contributed by atoms with van der Waals surface area (Å²) in [5, 5.41) is 0.601. The minimum atomic E-state index is -3.27. The van der Waals surface area contributed by atoms with Crippen LogP contribution in [-0.4, -0.2) is 25.5 Å². The van der Waals surface area contributed by atoms with Crippen molar-refractivity contribution in [3.63, 3.8) is 0 Å². The van der Waals surface area contributed by atoms with E-state index in [0.717, 1.165) is 30.6 Å². The van der Waals surface area contributed by atoms with Gasteiger partial charge in [-0.05, 0) is 42.7 Å². The first-order chi connectivity index (χ1) is 9.48. The molecule has 0 heterocycles. The molecule has 0 bridgehead atoms. The fourth-order valence-corrected chi connectivity index (χ4v) is 5.14. The van der Waals surface area contributed by atoms with E-state index in [0.29, 0.717) is 10.9 Å². The Morgan fingerprint density at radius 2 is 2.00 bits per heavy atom. The molecule has 0 aliphatic heterocycles. The molecule has 2 rings (SSSR count). The predicted octanol–water partition coefficient (Wildman–Crippen LogP) is 2.36. The minimum absolute atomic E-state index is 0.0232. The molecule has 1 aromatic carbocycles. The predicted molar refractivity (Wildman–Crippen MR) is 86.2 cm³/mol. The lowest BCUT2D eigenvalue weighted by atomic mass is 10.2. The summed E-state index contributed by atoms with van der Waals surface area (Å²) in [6.07, 6.45) is 2.99. The fraction of sp³-hybridized carbons (Fsp3) is 0.571. The molecule has 0 amide bonds. The van der Waals surface area contributed by atoms with Crippen molar-refractivity contribution in [3.8, 4) is 0 Å². The van der Waals surface area contributed by atoms with Crippen LogP contribution in [0.5, 0.6) is 0 Å². The van der Waals surface area contributed by atoms with Crippen molar-refractivity contribution in [1.82, 2.24) is 4.72 Å². The number of hydrogen-bond acceptors (Lipinski definition) is 4. The molecule has 1 aromatic rings. The third-order valence-electron chi connectivity index (χ3n) is 3.47. The Balaban J connectivity index is 1.90. The lowest BCUT2D eigenvalue weighted by Gasteiger charge is -2.13. The SMILES string of the molecule is CCSC1CCC(NS(=O)(=O)Cc2ccc(N)cc2)C1. The van der Waals surface area contributed by atoms with Gasteiger partial charge in [0.2, 0.25) is 10.0 Å². The van der Waals surface area contributed by atoms with E-state index in [4.69, 9.17) is 5.73 Å². The standard InChI is InChI=1S/C14H22N2O2S2/c1-2-19-14-8-7-13(9-14)16-20(17,18)10-11-3-5-12(15)6-4-11/h3-6,13-14,16H,2,7-10,15H2,1H3. The number of thioether (sulfide) groups is 1. The molecule has 4 nitrogen and oxygen atoms in total. The number of benzene rings is 1. The Bertz CT molecular complexity index is 529. The molecule has 6 heteroatoms. The molecule has 0 radical (unpaired) electrons. The van der Waals surface area contributed by atoms with Crippen molar-refractivity contribution < 1.29 is 8.42 Å². The average Bonchev–Trinajstić information content (AvgIpc) is 2.79. The fourth-order valence-electron chi connectivity index (χ4n) is 2.56. The van der Waals surface area contributed by atoms with Crippen LogP contribution in [0.3, 0.4) is 0 Å². The third kappa shape index (κ3) is 4.68. The van der Waals surface area contributed by atoms with Crippen molar-refractivity contribution in [2.45, 2.75) is 43.2 Å². The van der Waals surface area contributed by atoms with Crippen molar-refractivity contribution in [2.24, 2.45) is 0 Å². The monoisotopic (exact) mass is 314 g/mol. The van der Waals surface area contributed by atoms with Gasteiger partial charge in [0.25, 0.3) is 0 Å². The summed E-state index contributed by atoms with van der Waals surface area (Å²) >= 11 is 1.93. The van der Waals surface area contributed by atoms with Crippen molar-refractivity contribution in [2.75, 3.05) is 11.5 Å². The Labute approximate surface area is 125 Å². The van der Waals surface area contributed by atoms with E-state index < -0.39 is 10.0 Å². The molecule has 112 valence electrons. The van der Waals surface area contributed by atoms with Gasteiger partial charge in [0.05, 0.1) is 5.75 Å². The second kappa shape index (κ2) is 6.83. The van der Waals surface area contributed by atoms with Crippen molar-refractivity contribution >= 4 is 27.5 Å². The van der Waals surface area contributed by atoms with Crippen LogP contribution in [0.2, 0.25) is 0 Å². The van der Waals surface area contributed by atoms with E-state index >= 15 is 0 Å². The summed E-state index contributed by atoms with van der Waals surface area (Å²) in [5.41, 5.74) is 7.01. The number of anilines is 1. The molecule has 20 heavy (non-hydrogen) atoms. The Hall–Kier alpha value is -0.720. The van der Waals surface area contributed by atoms with Crippen LogP contribution in [0.15, 0.2) is 24.3 Å². The smallest absolute Gasteiger partial charge is 0.216 e. The summed E-state index contributed by atoms with van der Waals surface area (Å²) in [6, 6.07) is 7.08. The van der Waals surface area contributed by atoms with E-state index in [1.165, 1.54) is 0 Å². The van der Waals surface area contributed by atoms with Crippen molar-refractivity contribution in [1.29, 1.82) is 0 Å². The zero-order valence-corrected chi connectivity index (χ0v) is 13.3. The highest BCUT2D eigenvalue weighted by Gasteiger charge is 2.27. The van der Waals surface area contributed by atoms with Crippen LogP contribution in [0, 0.1) is 0 Å². The maximum Gasteiger partial charge on any atom is 0.216 e. The van der Waals surface area contributed by atoms with Crippen LogP contribution in [-0.2, 0) is 15.8 Å². The molecule has 0 spiro atoms. The van der Waals surface area contributed by atoms with Gasteiger partial charge >= 0.3 is 0 Å². The summed E-state index contributed by atoms with van der Waals surface area (Å²) in [4.78, 5) is 0. The Kier molecular flexibility index (Phi) is 5.35. The number of rotatable bonds is 6. The normalized spacial score (nSPS) is 23.1. The zero-order valence-electron chi connectivity index (χ0n) is 11.7. The van der Waals surface area contributed by atoms with E-state index in [2.05, 4.69) is 11.6 Å². The van der Waals surface area contributed by atoms with Gasteiger partial charge in [0.1, 0.15) is 0 Å². The van der Waals surface area contributed by atoms with E-state index in [-0.39, 0.29) is 11.8 Å². The summed E-state index contributed by atoms with van der Waals surface area (Å²) in [6.45, 7) is 2.14. The van der Waals surface area contributed by atoms with E-state index in [1.807, 2.05) is 11.8 Å². The molecule has 1 fully saturated rings. The van der Waals surface area contributed by atoms with Gasteiger partial charge in [-0.3, -0.25) is 0 Å². The third-order valence-corrected chi connectivity index (χ3v) is 6.11. The number of sulfonamides is 1. The molecular formula is C14H22N2O2S2. The summed E-state index contributed by atoms with van der Waals surface area (Å²) in [5.74, 6) is 1.12. The summed E-state index contributed by atoms with van der Waals surface area (Å²) in [7, 11) is -3.27. The zero-order chi connectivity index (χ0) is 14.6. The van der Waals surface area contributed by atoms with Gasteiger partial charge in [-0.2, -0.15) is 11.8 Å². The van der Waals surface area contributed by atoms with Crippen molar-refractivity contribution in [3.05, 3.63) is 29.8 Å². The molecular weight excluding hydrogens is 292 g/mol. The van der Waals surface area contributed by atoms with E-state index in [9.17, 15) is 8.42 Å². The molecule has 3 N–H and O–H groups in total. The summed E-state index contributed by atoms with van der Waals surface area (Å²) < 4.78 is 27.1. The Morgan fingerprint density at radius 3 is 2.65 bits per heavy atom. The first-order valence-corrected chi connectivity index (χ1v) is 9.64. The maximum atomic E-state index is 12.2. The minimum Gasteiger partial charge on any atom is -0.399 e. The van der Waals surface area contributed by atoms with Crippen LogP contribution in [0.1, 0.15) is 31.7 Å². The average molecular weight is 314 g/mol. The van der Waals surface area contributed by atoms with Gasteiger partial charge < -0.3 is 5.73 Å². The maximum absolute atomic E-state index is 12.2. The number of nitrogen functional groups attached to an aromatic ring is 1. The second-order valence-electron chi connectivity index (χ2n) is 5.21. The van der Waals surface area contributed by atoms with Gasteiger partial charge in [-0.15, -0.1) is 0 Å². The number of hydrogen-bond donors (Lipinski definition) is 2. The van der Waals surface area contributed by atoms with Crippen LogP contribution < -0.4 is 10.5 Å². The largest absolute Gasteiger partial charge is 0.399 e. The van der Waals surface area contributed by atoms with Crippen LogP contribution in [0.4, 0.5) is 5.69 Å². The van der Waals surface area contributed by atoms with Crippen LogP contribution in [0.25, 0.3) is 0 Å². The molecule has 0 aromatic heterocycles. The lowest BCUT2D eigenvalue weighted by molar-refractivity contribution is 0.552. The topological polar surface area (TPSA) is 72.2 Å². The van der Waals surface area contributed by atoms with Gasteiger partial charge in [0.15, 0.2) is 0 Å². The van der Waals surface area contributed by atoms with Gasteiger partial charge in [-0.1, -0.05) is 19.1 Å². The molecule has 2 unspecified atom stereocenters. The molecule has 1 aliphatic rings. The lowest BCUT2D eigenvalue weighted by Crippen LogP contribution is -2.34. The quantitative estimate of drug-likeness (QED) is 0.791. The highest BCUT2D eigenvalue weighted by molar-refractivity contribution is 7.99. The highest BCUT2D eigenvalue weighted by Crippen LogP contribution is 2.30. The second-order valence-corrected chi connectivity index (χ2v) is 8.54. The highest BCUT2D eigenvalue weighted by atomic mass is 32.2. The first-order valence-electron chi connectivity index (χ1n) is 6.94. The van der Waals surface area contributed by atoms with E-state index in [1.54, 1.807) is 24.3 Å². The molecule has 1 aliphatic carbocycles.